The molecule has 0 saturated carbocycles. The second-order valence-corrected chi connectivity index (χ2v) is 7.13. The standard InChI is InChI=1S/C22H18N2O2S/c1-26-19-8-4-2-6-16(19)14-21(25)23-17-12-10-15(11-13-17)22-24-18-7-3-5-9-20(18)27-22/h2-13H,14H2,1H3,(H,23,25). The van der Waals surface area contributed by atoms with E-state index in [4.69, 9.17) is 4.74 Å². The number of ether oxygens (including phenoxy) is 1. The summed E-state index contributed by atoms with van der Waals surface area (Å²) in [5.74, 6) is 0.645. The number of carbonyl (C=O) groups excluding carboxylic acids is 1. The summed E-state index contributed by atoms with van der Waals surface area (Å²) in [6, 6.07) is 23.4. The number of para-hydroxylation sites is 2. The summed E-state index contributed by atoms with van der Waals surface area (Å²) >= 11 is 1.66. The van der Waals surface area contributed by atoms with Gasteiger partial charge in [-0.3, -0.25) is 4.79 Å². The third-order valence-corrected chi connectivity index (χ3v) is 5.34. The number of rotatable bonds is 5. The highest BCUT2D eigenvalue weighted by molar-refractivity contribution is 7.21. The van der Waals surface area contributed by atoms with Crippen LogP contribution in [-0.4, -0.2) is 18.0 Å². The summed E-state index contributed by atoms with van der Waals surface area (Å²) in [5.41, 5.74) is 3.67. The van der Waals surface area contributed by atoms with Crippen LogP contribution in [0.2, 0.25) is 0 Å². The molecular weight excluding hydrogens is 356 g/mol. The fraction of sp³-hybridized carbons (Fsp3) is 0.0909. The molecule has 0 unspecified atom stereocenters. The van der Waals surface area contributed by atoms with Crippen molar-refractivity contribution in [2.24, 2.45) is 0 Å². The van der Waals surface area contributed by atoms with Crippen LogP contribution in [-0.2, 0) is 11.2 Å². The van der Waals surface area contributed by atoms with Crippen molar-refractivity contribution in [1.82, 2.24) is 4.98 Å². The highest BCUT2D eigenvalue weighted by atomic mass is 32.1. The number of anilines is 1. The Morgan fingerprint density at radius 2 is 1.74 bits per heavy atom. The molecule has 27 heavy (non-hydrogen) atoms. The number of hydrogen-bond acceptors (Lipinski definition) is 4. The van der Waals surface area contributed by atoms with E-state index in [2.05, 4.69) is 16.4 Å². The van der Waals surface area contributed by atoms with Crippen molar-refractivity contribution < 1.29 is 9.53 Å². The minimum Gasteiger partial charge on any atom is -0.496 e. The van der Waals surface area contributed by atoms with E-state index in [1.165, 1.54) is 4.70 Å². The molecule has 0 fully saturated rings. The fourth-order valence-electron chi connectivity index (χ4n) is 2.92. The van der Waals surface area contributed by atoms with Gasteiger partial charge < -0.3 is 10.1 Å². The third-order valence-electron chi connectivity index (χ3n) is 4.25. The Labute approximate surface area is 161 Å². The number of fused-ring (bicyclic) bond motifs is 1. The molecule has 1 aromatic heterocycles. The quantitative estimate of drug-likeness (QED) is 0.525. The Balaban J connectivity index is 1.46. The Morgan fingerprint density at radius 1 is 1.00 bits per heavy atom. The Kier molecular flexibility index (Phi) is 4.85. The first-order valence-corrected chi connectivity index (χ1v) is 9.42. The van der Waals surface area contributed by atoms with Crippen LogP contribution in [0.4, 0.5) is 5.69 Å². The Hall–Kier alpha value is -3.18. The van der Waals surface area contributed by atoms with Gasteiger partial charge in [0.05, 0.1) is 23.7 Å². The minimum atomic E-state index is -0.0766. The number of carbonyl (C=O) groups is 1. The second-order valence-electron chi connectivity index (χ2n) is 6.10. The van der Waals surface area contributed by atoms with Crippen molar-refractivity contribution in [3.8, 4) is 16.3 Å². The van der Waals surface area contributed by atoms with Gasteiger partial charge in [0.2, 0.25) is 5.91 Å². The summed E-state index contributed by atoms with van der Waals surface area (Å²) in [6.07, 6.45) is 0.267. The highest BCUT2D eigenvalue weighted by Crippen LogP contribution is 2.30. The van der Waals surface area contributed by atoms with Crippen molar-refractivity contribution in [3.05, 3.63) is 78.4 Å². The fourth-order valence-corrected chi connectivity index (χ4v) is 3.89. The molecule has 0 aliphatic carbocycles. The van der Waals surface area contributed by atoms with Gasteiger partial charge in [0.25, 0.3) is 0 Å². The van der Waals surface area contributed by atoms with Crippen LogP contribution in [0.15, 0.2) is 72.8 Å². The molecule has 0 spiro atoms. The molecule has 4 rings (SSSR count). The van der Waals surface area contributed by atoms with E-state index in [0.29, 0.717) is 0 Å². The molecule has 1 N–H and O–H groups in total. The van der Waals surface area contributed by atoms with E-state index in [9.17, 15) is 4.79 Å². The van der Waals surface area contributed by atoms with Gasteiger partial charge in [-0.15, -0.1) is 11.3 Å². The number of nitrogens with zero attached hydrogens (tertiary/aromatic N) is 1. The number of nitrogens with one attached hydrogen (secondary N) is 1. The predicted octanol–water partition coefficient (Wildman–Crippen LogP) is 5.15. The molecule has 5 heteroatoms. The smallest absolute Gasteiger partial charge is 0.228 e. The van der Waals surface area contributed by atoms with Gasteiger partial charge in [-0.1, -0.05) is 30.3 Å². The largest absolute Gasteiger partial charge is 0.496 e. The zero-order valence-electron chi connectivity index (χ0n) is 14.8. The lowest BCUT2D eigenvalue weighted by atomic mass is 10.1. The summed E-state index contributed by atoms with van der Waals surface area (Å²) in [4.78, 5) is 17.0. The molecule has 3 aromatic carbocycles. The van der Waals surface area contributed by atoms with Gasteiger partial charge in [0.15, 0.2) is 0 Å². The average Bonchev–Trinajstić information content (AvgIpc) is 3.13. The monoisotopic (exact) mass is 374 g/mol. The number of thiazole rings is 1. The molecule has 0 radical (unpaired) electrons. The first kappa shape index (κ1) is 17.2. The van der Waals surface area contributed by atoms with Crippen LogP contribution in [0, 0.1) is 0 Å². The number of benzene rings is 3. The Bertz CT molecular complexity index is 1050. The molecular formula is C22H18N2O2S. The highest BCUT2D eigenvalue weighted by Gasteiger charge is 2.10. The van der Waals surface area contributed by atoms with Gasteiger partial charge in [-0.2, -0.15) is 0 Å². The molecule has 0 saturated heterocycles. The molecule has 0 aliphatic rings. The molecule has 1 heterocycles. The number of hydrogen-bond donors (Lipinski definition) is 1. The van der Waals surface area contributed by atoms with E-state index in [1.54, 1.807) is 18.4 Å². The van der Waals surface area contributed by atoms with Crippen LogP contribution < -0.4 is 10.1 Å². The summed E-state index contributed by atoms with van der Waals surface area (Å²) in [7, 11) is 1.61. The van der Waals surface area contributed by atoms with E-state index in [1.807, 2.05) is 66.7 Å². The maximum atomic E-state index is 12.3. The van der Waals surface area contributed by atoms with Crippen LogP contribution in [0.25, 0.3) is 20.8 Å². The molecule has 134 valence electrons. The zero-order chi connectivity index (χ0) is 18.6. The van der Waals surface area contributed by atoms with Crippen LogP contribution in [0.5, 0.6) is 5.75 Å². The third kappa shape index (κ3) is 3.83. The minimum absolute atomic E-state index is 0.0766. The van der Waals surface area contributed by atoms with Crippen molar-refractivity contribution in [3.63, 3.8) is 0 Å². The van der Waals surface area contributed by atoms with Crippen molar-refractivity contribution in [2.45, 2.75) is 6.42 Å². The lowest BCUT2D eigenvalue weighted by Crippen LogP contribution is -2.14. The normalized spacial score (nSPS) is 10.7. The molecule has 0 aliphatic heterocycles. The lowest BCUT2D eigenvalue weighted by molar-refractivity contribution is -0.115. The van der Waals surface area contributed by atoms with Gasteiger partial charge in [-0.05, 0) is 42.5 Å². The second kappa shape index (κ2) is 7.60. The molecule has 0 bridgehead atoms. The maximum absolute atomic E-state index is 12.3. The van der Waals surface area contributed by atoms with Gasteiger partial charge >= 0.3 is 0 Å². The molecule has 4 aromatic rings. The van der Waals surface area contributed by atoms with Gasteiger partial charge in [0, 0.05) is 16.8 Å². The predicted molar refractivity (Wildman–Crippen MR) is 110 cm³/mol. The van der Waals surface area contributed by atoms with Gasteiger partial charge in [-0.25, -0.2) is 4.98 Å². The van der Waals surface area contributed by atoms with E-state index >= 15 is 0 Å². The van der Waals surface area contributed by atoms with E-state index in [-0.39, 0.29) is 12.3 Å². The van der Waals surface area contributed by atoms with Crippen LogP contribution >= 0.6 is 11.3 Å². The Morgan fingerprint density at radius 3 is 2.52 bits per heavy atom. The first-order valence-electron chi connectivity index (χ1n) is 8.61. The molecule has 1 amide bonds. The molecule has 4 nitrogen and oxygen atoms in total. The maximum Gasteiger partial charge on any atom is 0.228 e. The summed E-state index contributed by atoms with van der Waals surface area (Å²) in [6.45, 7) is 0. The zero-order valence-corrected chi connectivity index (χ0v) is 15.6. The SMILES string of the molecule is COc1ccccc1CC(=O)Nc1ccc(-c2nc3ccccc3s2)cc1. The topological polar surface area (TPSA) is 51.2 Å². The number of amides is 1. The van der Waals surface area contributed by atoms with Crippen molar-refractivity contribution in [2.75, 3.05) is 12.4 Å². The average molecular weight is 374 g/mol. The number of methoxy groups -OCH3 is 1. The van der Waals surface area contributed by atoms with E-state index < -0.39 is 0 Å². The van der Waals surface area contributed by atoms with Crippen molar-refractivity contribution in [1.29, 1.82) is 0 Å². The van der Waals surface area contributed by atoms with Crippen molar-refractivity contribution >= 4 is 33.1 Å². The number of aromatic nitrogens is 1. The van der Waals surface area contributed by atoms with Crippen LogP contribution in [0.3, 0.4) is 0 Å². The first-order chi connectivity index (χ1) is 13.2. The molecule has 0 atom stereocenters. The van der Waals surface area contributed by atoms with Crippen LogP contribution in [0.1, 0.15) is 5.56 Å². The summed E-state index contributed by atoms with van der Waals surface area (Å²) in [5, 5.41) is 3.91. The summed E-state index contributed by atoms with van der Waals surface area (Å²) < 4.78 is 6.47. The van der Waals surface area contributed by atoms with E-state index in [0.717, 1.165) is 33.1 Å². The lowest BCUT2D eigenvalue weighted by Gasteiger charge is -2.09. The van der Waals surface area contributed by atoms with Gasteiger partial charge in [0.1, 0.15) is 10.8 Å².